The topological polar surface area (TPSA) is 85.6 Å². The standard InChI is InChI=1S/C29H26BrFN4O3/c30-24-16-19(10-15-26(24)38-18-27(36)33-22-13-11-21(31)12-14-22)17-32-35-28(20-6-2-1-3-7-20)34-25-9-5-4-8-23(25)29(35)37/h4-5,8-17,20H,1-3,6-7,18H2,(H,33,36). The van der Waals surface area contributed by atoms with Gasteiger partial charge in [-0.2, -0.15) is 9.78 Å². The summed E-state index contributed by atoms with van der Waals surface area (Å²) < 4.78 is 20.7. The number of nitrogens with zero attached hydrogens (tertiary/aromatic N) is 3. The summed E-state index contributed by atoms with van der Waals surface area (Å²) in [4.78, 5) is 30.4. The first-order chi connectivity index (χ1) is 18.5. The molecule has 0 atom stereocenters. The molecule has 1 aliphatic rings. The van der Waals surface area contributed by atoms with E-state index in [0.29, 0.717) is 32.6 Å². The van der Waals surface area contributed by atoms with Crippen molar-refractivity contribution in [3.63, 3.8) is 0 Å². The van der Waals surface area contributed by atoms with Crippen molar-refractivity contribution in [3.8, 4) is 5.75 Å². The number of ether oxygens (including phenoxy) is 1. The Labute approximate surface area is 227 Å². The molecule has 0 unspecified atom stereocenters. The van der Waals surface area contributed by atoms with Crippen molar-refractivity contribution in [1.29, 1.82) is 0 Å². The van der Waals surface area contributed by atoms with Gasteiger partial charge in [-0.1, -0.05) is 31.4 Å². The van der Waals surface area contributed by atoms with Crippen LogP contribution in [0.2, 0.25) is 0 Å². The maximum absolute atomic E-state index is 13.4. The molecular weight excluding hydrogens is 551 g/mol. The molecule has 1 fully saturated rings. The van der Waals surface area contributed by atoms with E-state index in [2.05, 4.69) is 26.3 Å². The molecule has 1 aromatic heterocycles. The molecule has 3 aromatic carbocycles. The first-order valence-corrected chi connectivity index (χ1v) is 13.3. The molecular formula is C29H26BrFN4O3. The molecule has 0 spiro atoms. The van der Waals surface area contributed by atoms with Crippen molar-refractivity contribution in [1.82, 2.24) is 9.66 Å². The summed E-state index contributed by atoms with van der Waals surface area (Å²) in [6.45, 7) is -0.216. The Morgan fingerprint density at radius 1 is 1.11 bits per heavy atom. The molecule has 7 nitrogen and oxygen atoms in total. The minimum Gasteiger partial charge on any atom is -0.483 e. The van der Waals surface area contributed by atoms with E-state index in [4.69, 9.17) is 9.72 Å². The molecule has 1 N–H and O–H groups in total. The van der Waals surface area contributed by atoms with Gasteiger partial charge < -0.3 is 10.1 Å². The minimum absolute atomic E-state index is 0.182. The molecule has 1 saturated carbocycles. The number of anilines is 1. The summed E-state index contributed by atoms with van der Waals surface area (Å²) in [6, 6.07) is 18.2. The van der Waals surface area contributed by atoms with Crippen molar-refractivity contribution in [2.75, 3.05) is 11.9 Å². The lowest BCUT2D eigenvalue weighted by molar-refractivity contribution is -0.118. The third kappa shape index (κ3) is 5.99. The first-order valence-electron chi connectivity index (χ1n) is 12.5. The number of amides is 1. The van der Waals surface area contributed by atoms with Gasteiger partial charge in [-0.05, 0) is 88.9 Å². The number of nitrogens with one attached hydrogen (secondary N) is 1. The number of carbonyl (C=O) groups excluding carboxylic acids is 1. The third-order valence-electron chi connectivity index (χ3n) is 6.51. The SMILES string of the molecule is O=C(COc1ccc(C=Nn2c(C3CCCCC3)nc3ccccc3c2=O)cc1Br)Nc1ccc(F)cc1. The number of benzene rings is 3. The molecule has 4 aromatic rings. The second-order valence-corrected chi connectivity index (χ2v) is 10.1. The van der Waals surface area contributed by atoms with Crippen LogP contribution in [0.4, 0.5) is 10.1 Å². The minimum atomic E-state index is -0.376. The van der Waals surface area contributed by atoms with Crippen molar-refractivity contribution in [2.45, 2.75) is 38.0 Å². The largest absolute Gasteiger partial charge is 0.483 e. The molecule has 0 bridgehead atoms. The Bertz CT molecular complexity index is 1550. The van der Waals surface area contributed by atoms with E-state index in [-0.39, 0.29) is 29.8 Å². The van der Waals surface area contributed by atoms with Crippen molar-refractivity contribution in [3.05, 3.63) is 98.8 Å². The normalized spacial score (nSPS) is 14.2. The first kappa shape index (κ1) is 25.8. The zero-order valence-electron chi connectivity index (χ0n) is 20.6. The molecule has 5 rings (SSSR count). The van der Waals surface area contributed by atoms with E-state index in [1.54, 1.807) is 30.5 Å². The van der Waals surface area contributed by atoms with Gasteiger partial charge in [0.25, 0.3) is 11.5 Å². The molecule has 194 valence electrons. The van der Waals surface area contributed by atoms with Gasteiger partial charge in [0.1, 0.15) is 17.4 Å². The van der Waals surface area contributed by atoms with Crippen LogP contribution in [-0.4, -0.2) is 28.4 Å². The Morgan fingerprint density at radius 3 is 2.63 bits per heavy atom. The van der Waals surface area contributed by atoms with E-state index in [1.807, 2.05) is 18.2 Å². The zero-order valence-corrected chi connectivity index (χ0v) is 22.2. The Balaban J connectivity index is 1.33. The van der Waals surface area contributed by atoms with Crippen molar-refractivity contribution >= 4 is 44.6 Å². The van der Waals surface area contributed by atoms with E-state index in [1.165, 1.54) is 35.4 Å². The Kier molecular flexibility index (Phi) is 7.93. The molecule has 38 heavy (non-hydrogen) atoms. The highest BCUT2D eigenvalue weighted by Crippen LogP contribution is 2.32. The van der Waals surface area contributed by atoms with Gasteiger partial charge >= 0.3 is 0 Å². The van der Waals surface area contributed by atoms with Gasteiger partial charge in [0.05, 0.1) is 21.6 Å². The number of aromatic nitrogens is 2. The van der Waals surface area contributed by atoms with Crippen LogP contribution in [0, 0.1) is 5.82 Å². The van der Waals surface area contributed by atoms with Crippen LogP contribution in [0.3, 0.4) is 0 Å². The van der Waals surface area contributed by atoms with Gasteiger partial charge in [-0.25, -0.2) is 9.37 Å². The molecule has 9 heteroatoms. The number of hydrogen-bond donors (Lipinski definition) is 1. The Hall–Kier alpha value is -3.85. The monoisotopic (exact) mass is 576 g/mol. The number of rotatable bonds is 7. The predicted molar refractivity (Wildman–Crippen MR) is 149 cm³/mol. The van der Waals surface area contributed by atoms with Crippen LogP contribution in [0.15, 0.2) is 81.1 Å². The van der Waals surface area contributed by atoms with Gasteiger partial charge in [-0.15, -0.1) is 0 Å². The fourth-order valence-corrected chi connectivity index (χ4v) is 5.10. The summed E-state index contributed by atoms with van der Waals surface area (Å²) in [7, 11) is 0. The smallest absolute Gasteiger partial charge is 0.282 e. The highest BCUT2D eigenvalue weighted by molar-refractivity contribution is 9.10. The number of para-hydroxylation sites is 1. The molecule has 0 saturated heterocycles. The van der Waals surface area contributed by atoms with Gasteiger partial charge in [0, 0.05) is 11.6 Å². The molecule has 0 aliphatic heterocycles. The second kappa shape index (κ2) is 11.7. The number of halogens is 2. The van der Waals surface area contributed by atoms with Crippen LogP contribution in [0.1, 0.15) is 49.4 Å². The Morgan fingerprint density at radius 2 is 1.87 bits per heavy atom. The number of carbonyl (C=O) groups is 1. The number of hydrogen-bond acceptors (Lipinski definition) is 5. The summed E-state index contributed by atoms with van der Waals surface area (Å²) >= 11 is 3.48. The lowest BCUT2D eigenvalue weighted by Gasteiger charge is -2.22. The maximum atomic E-state index is 13.4. The summed E-state index contributed by atoms with van der Waals surface area (Å²) in [5.41, 5.74) is 1.74. The summed E-state index contributed by atoms with van der Waals surface area (Å²) in [6.07, 6.45) is 7.05. The van der Waals surface area contributed by atoms with Crippen molar-refractivity contribution < 1.29 is 13.9 Å². The molecule has 1 aliphatic carbocycles. The maximum Gasteiger partial charge on any atom is 0.282 e. The fraction of sp³-hybridized carbons (Fsp3) is 0.241. The van der Waals surface area contributed by atoms with E-state index >= 15 is 0 Å². The summed E-state index contributed by atoms with van der Waals surface area (Å²) in [5.74, 6) is 0.632. The van der Waals surface area contributed by atoms with Crippen LogP contribution < -0.4 is 15.6 Å². The van der Waals surface area contributed by atoms with Gasteiger partial charge in [0.15, 0.2) is 6.61 Å². The third-order valence-corrected chi connectivity index (χ3v) is 7.13. The number of fused-ring (bicyclic) bond motifs is 1. The van der Waals surface area contributed by atoms with Gasteiger partial charge in [-0.3, -0.25) is 9.59 Å². The van der Waals surface area contributed by atoms with Crippen LogP contribution in [-0.2, 0) is 4.79 Å². The molecule has 0 radical (unpaired) electrons. The second-order valence-electron chi connectivity index (χ2n) is 9.22. The summed E-state index contributed by atoms with van der Waals surface area (Å²) in [5, 5.41) is 7.75. The highest BCUT2D eigenvalue weighted by Gasteiger charge is 2.22. The average molecular weight is 577 g/mol. The molecule has 1 heterocycles. The molecule has 1 amide bonds. The van der Waals surface area contributed by atoms with E-state index in [0.717, 1.165) is 31.2 Å². The van der Waals surface area contributed by atoms with E-state index in [9.17, 15) is 14.0 Å². The predicted octanol–water partition coefficient (Wildman–Crippen LogP) is 6.25. The quantitative estimate of drug-likeness (QED) is 0.264. The van der Waals surface area contributed by atoms with Crippen LogP contribution in [0.25, 0.3) is 10.9 Å². The van der Waals surface area contributed by atoms with Crippen LogP contribution in [0.5, 0.6) is 5.75 Å². The fourth-order valence-electron chi connectivity index (χ4n) is 4.59. The van der Waals surface area contributed by atoms with Crippen LogP contribution >= 0.6 is 15.9 Å². The highest BCUT2D eigenvalue weighted by atomic mass is 79.9. The lowest BCUT2D eigenvalue weighted by Crippen LogP contribution is -2.25. The zero-order chi connectivity index (χ0) is 26.5. The van der Waals surface area contributed by atoms with Crippen molar-refractivity contribution in [2.24, 2.45) is 5.10 Å². The lowest BCUT2D eigenvalue weighted by atomic mass is 9.88. The van der Waals surface area contributed by atoms with Gasteiger partial charge in [0.2, 0.25) is 0 Å². The average Bonchev–Trinajstić information content (AvgIpc) is 2.94. The van der Waals surface area contributed by atoms with E-state index < -0.39 is 0 Å².